The van der Waals surface area contributed by atoms with Gasteiger partial charge in [0, 0.05) is 5.69 Å². The van der Waals surface area contributed by atoms with Crippen molar-refractivity contribution in [3.8, 4) is 11.4 Å². The monoisotopic (exact) mass is 444 g/mol. The van der Waals surface area contributed by atoms with Gasteiger partial charge in [0.15, 0.2) is 11.9 Å². The number of nitrogens with zero attached hydrogens (tertiary/aromatic N) is 2. The van der Waals surface area contributed by atoms with Gasteiger partial charge in [-0.2, -0.15) is 5.10 Å². The number of hydrogen-bond donors (Lipinski definition) is 2. The van der Waals surface area contributed by atoms with Gasteiger partial charge < -0.3 is 14.8 Å². The molecule has 0 aliphatic carbocycles. The van der Waals surface area contributed by atoms with Crippen LogP contribution in [0.5, 0.6) is 5.75 Å². The second-order valence-corrected chi connectivity index (χ2v) is 7.99. The summed E-state index contributed by atoms with van der Waals surface area (Å²) in [6.07, 6.45) is 0.376. The molecular formula is C20H20N4O6S. The number of nitrogens with one attached hydrogen (secondary N) is 1. The van der Waals surface area contributed by atoms with Crippen molar-refractivity contribution in [3.63, 3.8) is 0 Å². The summed E-state index contributed by atoms with van der Waals surface area (Å²) in [6.45, 7) is 1.40. The summed E-state index contributed by atoms with van der Waals surface area (Å²) in [6, 6.07) is 14.4. The van der Waals surface area contributed by atoms with Crippen molar-refractivity contribution < 1.29 is 27.5 Å². The molecule has 3 aromatic rings. The van der Waals surface area contributed by atoms with Gasteiger partial charge in [0.25, 0.3) is 5.91 Å². The van der Waals surface area contributed by atoms with Crippen LogP contribution in [0, 0.1) is 0 Å². The van der Waals surface area contributed by atoms with Gasteiger partial charge in [-0.15, -0.1) is 0 Å². The Balaban J connectivity index is 1.68. The molecule has 1 aromatic heterocycles. The quantitative estimate of drug-likeness (QED) is 0.528. The van der Waals surface area contributed by atoms with Crippen molar-refractivity contribution in [2.24, 2.45) is 5.14 Å². The first-order valence-corrected chi connectivity index (χ1v) is 10.6. The third kappa shape index (κ3) is 5.27. The number of amides is 1. The van der Waals surface area contributed by atoms with Gasteiger partial charge in [0.1, 0.15) is 0 Å². The van der Waals surface area contributed by atoms with Gasteiger partial charge in [-0.1, -0.05) is 18.2 Å². The Morgan fingerprint density at radius 2 is 1.74 bits per heavy atom. The number of rotatable bonds is 7. The molecule has 1 amide bonds. The Morgan fingerprint density at radius 3 is 2.32 bits per heavy atom. The minimum Gasteiger partial charge on any atom is -0.493 e. The number of nitrogens with two attached hydrogens (primary N) is 1. The van der Waals surface area contributed by atoms with E-state index in [-0.39, 0.29) is 16.3 Å². The summed E-state index contributed by atoms with van der Waals surface area (Å²) in [5, 5.41) is 11.8. The van der Waals surface area contributed by atoms with Gasteiger partial charge in [-0.05, 0) is 43.3 Å². The first kappa shape index (κ1) is 22.0. The van der Waals surface area contributed by atoms with Gasteiger partial charge >= 0.3 is 5.97 Å². The predicted molar refractivity (Wildman–Crippen MR) is 111 cm³/mol. The largest absolute Gasteiger partial charge is 0.493 e. The minimum atomic E-state index is -3.84. The highest BCUT2D eigenvalue weighted by Crippen LogP contribution is 2.21. The second kappa shape index (κ2) is 8.98. The van der Waals surface area contributed by atoms with Crippen LogP contribution in [0.25, 0.3) is 5.69 Å². The number of ether oxygens (including phenoxy) is 2. The summed E-state index contributed by atoms with van der Waals surface area (Å²) in [5.74, 6) is -1.25. The van der Waals surface area contributed by atoms with E-state index in [1.807, 2.05) is 18.2 Å². The molecule has 1 atom stereocenters. The minimum absolute atomic E-state index is 0.0801. The number of primary sulfonamides is 1. The molecule has 0 bridgehead atoms. The Morgan fingerprint density at radius 1 is 1.10 bits per heavy atom. The summed E-state index contributed by atoms with van der Waals surface area (Å²) >= 11 is 0. The number of carbonyl (C=O) groups excluding carboxylic acids is 2. The van der Waals surface area contributed by atoms with Crippen LogP contribution in [0.1, 0.15) is 17.4 Å². The van der Waals surface area contributed by atoms with E-state index in [1.165, 1.54) is 49.2 Å². The van der Waals surface area contributed by atoms with Crippen molar-refractivity contribution >= 4 is 27.6 Å². The van der Waals surface area contributed by atoms with Gasteiger partial charge in [-0.3, -0.25) is 4.79 Å². The number of para-hydroxylation sites is 1. The zero-order valence-corrected chi connectivity index (χ0v) is 17.5. The Labute approximate surface area is 178 Å². The second-order valence-electron chi connectivity index (χ2n) is 6.43. The van der Waals surface area contributed by atoms with Crippen molar-refractivity contribution in [1.82, 2.24) is 9.78 Å². The highest BCUT2D eigenvalue weighted by molar-refractivity contribution is 7.89. The molecule has 0 fully saturated rings. The Bertz CT molecular complexity index is 1190. The van der Waals surface area contributed by atoms with Crippen molar-refractivity contribution in [3.05, 3.63) is 66.5 Å². The molecule has 10 nitrogen and oxygen atoms in total. The molecule has 0 radical (unpaired) electrons. The third-order valence-electron chi connectivity index (χ3n) is 4.22. The molecule has 0 saturated carbocycles. The molecule has 0 saturated heterocycles. The van der Waals surface area contributed by atoms with E-state index in [4.69, 9.17) is 14.6 Å². The highest BCUT2D eigenvalue weighted by atomic mass is 32.2. The number of anilines is 1. The number of esters is 1. The maximum atomic E-state index is 12.6. The van der Waals surface area contributed by atoms with Crippen molar-refractivity contribution in [2.75, 3.05) is 12.4 Å². The van der Waals surface area contributed by atoms with Gasteiger partial charge in [0.2, 0.25) is 15.7 Å². The molecule has 0 spiro atoms. The molecule has 3 rings (SSSR count). The number of carbonyl (C=O) groups is 2. The van der Waals surface area contributed by atoms with Gasteiger partial charge in [-0.25, -0.2) is 23.0 Å². The number of hydrogen-bond acceptors (Lipinski definition) is 7. The summed E-state index contributed by atoms with van der Waals surface area (Å²) in [5.41, 5.74) is 0.948. The molecule has 1 unspecified atom stereocenters. The van der Waals surface area contributed by atoms with Crippen molar-refractivity contribution in [2.45, 2.75) is 17.9 Å². The number of benzene rings is 2. The zero-order chi connectivity index (χ0) is 22.6. The SMILES string of the molecule is COc1cn(-c2ccccc2)nc1C(=O)OC(C)C(=O)Nc1ccc(S(N)(=O)=O)cc1. The molecule has 162 valence electrons. The smallest absolute Gasteiger partial charge is 0.363 e. The predicted octanol–water partition coefficient (Wildman–Crippen LogP) is 1.71. The average molecular weight is 444 g/mol. The molecule has 31 heavy (non-hydrogen) atoms. The van der Waals surface area contributed by atoms with Crippen LogP contribution in [-0.2, 0) is 19.6 Å². The molecule has 11 heteroatoms. The molecule has 0 aliphatic heterocycles. The lowest BCUT2D eigenvalue weighted by Gasteiger charge is -2.13. The maximum absolute atomic E-state index is 12.6. The van der Waals surface area contributed by atoms with Crippen LogP contribution in [0.3, 0.4) is 0 Å². The van der Waals surface area contributed by atoms with Crippen LogP contribution >= 0.6 is 0 Å². The van der Waals surface area contributed by atoms with E-state index in [1.54, 1.807) is 12.1 Å². The van der Waals surface area contributed by atoms with Gasteiger partial charge in [0.05, 0.1) is 23.9 Å². The lowest BCUT2D eigenvalue weighted by molar-refractivity contribution is -0.123. The topological polar surface area (TPSA) is 143 Å². The fraction of sp³-hybridized carbons (Fsp3) is 0.150. The summed E-state index contributed by atoms with van der Waals surface area (Å²) in [4.78, 5) is 24.8. The van der Waals surface area contributed by atoms with Crippen LogP contribution in [0.4, 0.5) is 5.69 Å². The molecule has 3 N–H and O–H groups in total. The number of sulfonamides is 1. The van der Waals surface area contributed by atoms with Crippen molar-refractivity contribution in [1.29, 1.82) is 0 Å². The van der Waals surface area contributed by atoms with E-state index in [2.05, 4.69) is 10.4 Å². The normalized spacial score (nSPS) is 12.1. The van der Waals surface area contributed by atoms with Crippen LogP contribution < -0.4 is 15.2 Å². The zero-order valence-electron chi connectivity index (χ0n) is 16.7. The van der Waals surface area contributed by atoms with Crippen LogP contribution in [0.2, 0.25) is 0 Å². The lowest BCUT2D eigenvalue weighted by Crippen LogP contribution is -2.30. The summed E-state index contributed by atoms with van der Waals surface area (Å²) in [7, 11) is -2.45. The lowest BCUT2D eigenvalue weighted by atomic mass is 10.3. The molecule has 2 aromatic carbocycles. The maximum Gasteiger partial charge on any atom is 0.363 e. The van der Waals surface area contributed by atoms with E-state index < -0.39 is 28.0 Å². The standard InChI is InChI=1S/C20H20N4O6S/c1-13(19(25)22-14-8-10-16(11-9-14)31(21,27)28)30-20(26)18-17(29-2)12-24(23-18)15-6-4-3-5-7-15/h3-13H,1-2H3,(H,22,25)(H2,21,27,28). The van der Waals surface area contributed by atoms with Crippen LogP contribution in [-0.4, -0.2) is 43.3 Å². The molecular weight excluding hydrogens is 424 g/mol. The highest BCUT2D eigenvalue weighted by Gasteiger charge is 2.25. The fourth-order valence-corrected chi connectivity index (χ4v) is 3.12. The Kier molecular flexibility index (Phi) is 6.37. The van der Waals surface area contributed by atoms with E-state index in [0.717, 1.165) is 0 Å². The summed E-state index contributed by atoms with van der Waals surface area (Å²) < 4.78 is 34.5. The molecule has 0 aliphatic rings. The number of methoxy groups -OCH3 is 1. The van der Waals surface area contributed by atoms with E-state index in [0.29, 0.717) is 11.4 Å². The Hall–Kier alpha value is -3.70. The first-order chi connectivity index (χ1) is 14.7. The average Bonchev–Trinajstić information content (AvgIpc) is 3.19. The number of aromatic nitrogens is 2. The fourth-order valence-electron chi connectivity index (χ4n) is 2.60. The first-order valence-electron chi connectivity index (χ1n) is 9.03. The third-order valence-corrected chi connectivity index (χ3v) is 5.15. The van der Waals surface area contributed by atoms with Crippen LogP contribution in [0.15, 0.2) is 65.7 Å². The van der Waals surface area contributed by atoms with E-state index >= 15 is 0 Å². The molecule has 1 heterocycles. The van der Waals surface area contributed by atoms with E-state index in [9.17, 15) is 18.0 Å².